The largest absolute Gasteiger partial charge is 0.464 e. The van der Waals surface area contributed by atoms with Gasteiger partial charge in [0.25, 0.3) is 0 Å². The lowest BCUT2D eigenvalue weighted by Crippen LogP contribution is -2.24. The van der Waals surface area contributed by atoms with Crippen LogP contribution >= 0.6 is 0 Å². The summed E-state index contributed by atoms with van der Waals surface area (Å²) in [6, 6.07) is 8.31. The molecule has 0 spiro atoms. The fourth-order valence-electron chi connectivity index (χ4n) is 3.63. The molecule has 4 unspecified atom stereocenters. The molecule has 0 bridgehead atoms. The lowest BCUT2D eigenvalue weighted by atomic mass is 10.00. The van der Waals surface area contributed by atoms with Gasteiger partial charge in [-0.15, -0.1) is 0 Å². The molecule has 0 radical (unpaired) electrons. The molecule has 1 aromatic carbocycles. The van der Waals surface area contributed by atoms with Gasteiger partial charge >= 0.3 is 0 Å². The van der Waals surface area contributed by atoms with E-state index in [4.69, 9.17) is 10.2 Å². The van der Waals surface area contributed by atoms with Crippen LogP contribution in [0.3, 0.4) is 0 Å². The maximum Gasteiger partial charge on any atom is 0.223 e. The van der Waals surface area contributed by atoms with Crippen molar-refractivity contribution < 1.29 is 9.21 Å². The minimum absolute atomic E-state index is 0.139. The molecule has 0 saturated heterocycles. The SMILES string of the molecule is CC1(C(N)=O)CC1C1CC1c1cccc2ccoc12. The third kappa shape index (κ3) is 1.47. The Morgan fingerprint density at radius 2 is 2.26 bits per heavy atom. The van der Waals surface area contributed by atoms with Crippen LogP contribution in [0.1, 0.15) is 31.2 Å². The van der Waals surface area contributed by atoms with Crippen molar-refractivity contribution in [3.05, 3.63) is 36.1 Å². The van der Waals surface area contributed by atoms with Gasteiger partial charge in [-0.2, -0.15) is 0 Å². The van der Waals surface area contributed by atoms with Crippen LogP contribution < -0.4 is 5.73 Å². The van der Waals surface area contributed by atoms with E-state index >= 15 is 0 Å². The zero-order chi connectivity index (χ0) is 13.2. The Balaban J connectivity index is 1.61. The third-order valence-corrected chi connectivity index (χ3v) is 5.13. The monoisotopic (exact) mass is 255 g/mol. The number of primary amides is 1. The number of benzene rings is 1. The summed E-state index contributed by atoms with van der Waals surface area (Å²) in [5, 5.41) is 1.16. The van der Waals surface area contributed by atoms with Gasteiger partial charge in [0.1, 0.15) is 5.58 Å². The van der Waals surface area contributed by atoms with Gasteiger partial charge in [0, 0.05) is 10.8 Å². The van der Waals surface area contributed by atoms with Crippen molar-refractivity contribution in [2.75, 3.05) is 0 Å². The van der Waals surface area contributed by atoms with Crippen molar-refractivity contribution in [2.24, 2.45) is 23.0 Å². The van der Waals surface area contributed by atoms with Gasteiger partial charge in [-0.05, 0) is 42.2 Å². The van der Waals surface area contributed by atoms with Gasteiger partial charge in [-0.25, -0.2) is 0 Å². The Kier molecular flexibility index (Phi) is 1.99. The molecule has 2 fully saturated rings. The van der Waals surface area contributed by atoms with Gasteiger partial charge in [-0.3, -0.25) is 4.79 Å². The molecule has 3 nitrogen and oxygen atoms in total. The number of rotatable bonds is 3. The molecule has 2 saturated carbocycles. The van der Waals surface area contributed by atoms with E-state index in [0.29, 0.717) is 17.8 Å². The number of nitrogens with two attached hydrogens (primary N) is 1. The van der Waals surface area contributed by atoms with E-state index in [0.717, 1.165) is 23.8 Å². The summed E-state index contributed by atoms with van der Waals surface area (Å²) < 4.78 is 5.61. The summed E-state index contributed by atoms with van der Waals surface area (Å²) in [6.07, 6.45) is 3.86. The van der Waals surface area contributed by atoms with E-state index in [1.54, 1.807) is 6.26 Å². The number of fused-ring (bicyclic) bond motifs is 1. The van der Waals surface area contributed by atoms with Crippen molar-refractivity contribution >= 4 is 16.9 Å². The van der Waals surface area contributed by atoms with E-state index < -0.39 is 0 Å². The average molecular weight is 255 g/mol. The van der Waals surface area contributed by atoms with Gasteiger partial charge in [0.15, 0.2) is 0 Å². The van der Waals surface area contributed by atoms with Crippen LogP contribution in [0.15, 0.2) is 34.9 Å². The van der Waals surface area contributed by atoms with Crippen LogP contribution in [0.4, 0.5) is 0 Å². The Labute approximate surface area is 111 Å². The molecular formula is C16H17NO2. The molecule has 2 N–H and O–H groups in total. The highest BCUT2D eigenvalue weighted by Crippen LogP contribution is 2.67. The van der Waals surface area contributed by atoms with Crippen molar-refractivity contribution in [1.29, 1.82) is 0 Å². The number of hydrogen-bond donors (Lipinski definition) is 1. The van der Waals surface area contributed by atoms with Crippen molar-refractivity contribution in [1.82, 2.24) is 0 Å². The first-order valence-corrected chi connectivity index (χ1v) is 6.87. The molecule has 4 atom stereocenters. The summed E-state index contributed by atoms with van der Waals surface area (Å²) >= 11 is 0. The topological polar surface area (TPSA) is 56.2 Å². The lowest BCUT2D eigenvalue weighted by molar-refractivity contribution is -0.123. The molecule has 2 aromatic rings. The van der Waals surface area contributed by atoms with E-state index in [9.17, 15) is 4.79 Å². The Bertz CT molecular complexity index is 674. The zero-order valence-corrected chi connectivity index (χ0v) is 10.9. The molecule has 1 amide bonds. The van der Waals surface area contributed by atoms with E-state index in [1.165, 1.54) is 5.56 Å². The molecule has 2 aliphatic rings. The second kappa shape index (κ2) is 3.41. The fraction of sp³-hybridized carbons (Fsp3) is 0.438. The minimum Gasteiger partial charge on any atom is -0.464 e. The smallest absolute Gasteiger partial charge is 0.223 e. The van der Waals surface area contributed by atoms with Crippen LogP contribution in [0.5, 0.6) is 0 Å². The van der Waals surface area contributed by atoms with Gasteiger partial charge in [0.05, 0.1) is 6.26 Å². The van der Waals surface area contributed by atoms with Crippen LogP contribution in [0, 0.1) is 17.3 Å². The summed E-state index contributed by atoms with van der Waals surface area (Å²) in [5.41, 5.74) is 7.54. The van der Waals surface area contributed by atoms with Crippen LogP contribution in [-0.4, -0.2) is 5.91 Å². The maximum absolute atomic E-state index is 11.4. The maximum atomic E-state index is 11.4. The number of furan rings is 1. The van der Waals surface area contributed by atoms with E-state index in [2.05, 4.69) is 18.2 Å². The zero-order valence-electron chi connectivity index (χ0n) is 10.9. The minimum atomic E-state index is -0.253. The number of hydrogen-bond acceptors (Lipinski definition) is 2. The first kappa shape index (κ1) is 11.1. The Hall–Kier alpha value is -1.77. The average Bonchev–Trinajstić information content (AvgIpc) is 3.24. The summed E-state index contributed by atoms with van der Waals surface area (Å²) in [4.78, 5) is 11.4. The highest BCUT2D eigenvalue weighted by Gasteiger charge is 2.64. The van der Waals surface area contributed by atoms with Crippen molar-refractivity contribution in [3.63, 3.8) is 0 Å². The van der Waals surface area contributed by atoms with Gasteiger partial charge < -0.3 is 10.2 Å². The Morgan fingerprint density at radius 1 is 1.42 bits per heavy atom. The molecule has 1 aromatic heterocycles. The predicted molar refractivity (Wildman–Crippen MR) is 72.5 cm³/mol. The third-order valence-electron chi connectivity index (χ3n) is 5.13. The molecule has 0 aliphatic heterocycles. The molecule has 2 aliphatic carbocycles. The van der Waals surface area contributed by atoms with Crippen LogP contribution in [0.25, 0.3) is 11.0 Å². The van der Waals surface area contributed by atoms with Crippen molar-refractivity contribution in [3.8, 4) is 0 Å². The number of carbonyl (C=O) groups excluding carboxylic acids is 1. The van der Waals surface area contributed by atoms with Crippen LogP contribution in [0.2, 0.25) is 0 Å². The molecule has 19 heavy (non-hydrogen) atoms. The Morgan fingerprint density at radius 3 is 3.00 bits per heavy atom. The van der Waals surface area contributed by atoms with Gasteiger partial charge in [0.2, 0.25) is 5.91 Å². The lowest BCUT2D eigenvalue weighted by Gasteiger charge is -2.06. The highest BCUT2D eigenvalue weighted by atomic mass is 16.3. The van der Waals surface area contributed by atoms with Gasteiger partial charge in [-0.1, -0.05) is 25.1 Å². The molecule has 3 heteroatoms. The van der Waals surface area contributed by atoms with E-state index in [-0.39, 0.29) is 11.3 Å². The fourth-order valence-corrected chi connectivity index (χ4v) is 3.63. The molecule has 4 rings (SSSR count). The van der Waals surface area contributed by atoms with Crippen molar-refractivity contribution in [2.45, 2.75) is 25.7 Å². The van der Waals surface area contributed by atoms with Crippen LogP contribution in [-0.2, 0) is 4.79 Å². The number of para-hydroxylation sites is 1. The molecular weight excluding hydrogens is 238 g/mol. The predicted octanol–water partition coefficient (Wildman–Crippen LogP) is 3.05. The standard InChI is InChI=1S/C16H17NO2/c1-16(15(17)18)8-13(16)12-7-11(12)10-4-2-3-9-5-6-19-14(9)10/h2-6,11-13H,7-8H2,1H3,(H2,17,18). The first-order valence-electron chi connectivity index (χ1n) is 6.87. The quantitative estimate of drug-likeness (QED) is 0.916. The summed E-state index contributed by atoms with van der Waals surface area (Å²) in [6.45, 7) is 2.00. The summed E-state index contributed by atoms with van der Waals surface area (Å²) in [5.74, 6) is 1.48. The normalized spacial score (nSPS) is 36.4. The second-order valence-corrected chi connectivity index (χ2v) is 6.28. The number of carbonyl (C=O) groups is 1. The molecule has 98 valence electrons. The summed E-state index contributed by atoms with van der Waals surface area (Å²) in [7, 11) is 0. The first-order chi connectivity index (χ1) is 9.11. The number of amides is 1. The van der Waals surface area contributed by atoms with E-state index in [1.807, 2.05) is 13.0 Å². The second-order valence-electron chi connectivity index (χ2n) is 6.28. The molecule has 1 heterocycles. The highest BCUT2D eigenvalue weighted by molar-refractivity contribution is 5.84.